The number of carbonyl (C=O) groups is 1. The minimum absolute atomic E-state index is 0.201. The summed E-state index contributed by atoms with van der Waals surface area (Å²) in [7, 11) is 4.01. The number of carbonyl (C=O) groups excluding carboxylic acids is 1. The van der Waals surface area contributed by atoms with Crippen LogP contribution in [-0.2, 0) is 0 Å². The van der Waals surface area contributed by atoms with Crippen molar-refractivity contribution in [3.8, 4) is 0 Å². The zero-order valence-corrected chi connectivity index (χ0v) is 14.9. The first kappa shape index (κ1) is 18.2. The topological polar surface area (TPSA) is 70.2 Å². The van der Waals surface area contributed by atoms with Crippen molar-refractivity contribution in [1.82, 2.24) is 20.2 Å². The molecule has 0 aliphatic carbocycles. The van der Waals surface area contributed by atoms with Gasteiger partial charge in [-0.1, -0.05) is 17.7 Å². The third-order valence-corrected chi connectivity index (χ3v) is 3.47. The molecular formula is C17H22ClN5O. The van der Waals surface area contributed by atoms with Crippen LogP contribution in [0.1, 0.15) is 22.6 Å². The average molecular weight is 348 g/mol. The van der Waals surface area contributed by atoms with Crippen molar-refractivity contribution in [3.63, 3.8) is 0 Å². The molecule has 0 aliphatic heterocycles. The Morgan fingerprint density at radius 2 is 2.04 bits per heavy atom. The van der Waals surface area contributed by atoms with E-state index in [0.29, 0.717) is 28.9 Å². The van der Waals surface area contributed by atoms with Crippen LogP contribution in [0.2, 0.25) is 5.02 Å². The standard InChI is InChI=1S/C17H22ClN5O/c1-12-10-15(16(24)19-8-5-9-23(2)3)22-17(20-12)21-14-7-4-6-13(18)11-14/h4,6-7,10-11H,5,8-9H2,1-3H3,(H,19,24)(H,20,21,22). The van der Waals surface area contributed by atoms with E-state index < -0.39 is 0 Å². The number of nitrogens with zero attached hydrogens (tertiary/aromatic N) is 3. The Labute approximate surface area is 147 Å². The van der Waals surface area contributed by atoms with E-state index in [1.807, 2.05) is 33.2 Å². The second kappa shape index (κ2) is 8.61. The molecule has 0 saturated heterocycles. The van der Waals surface area contributed by atoms with Gasteiger partial charge in [0, 0.05) is 22.9 Å². The highest BCUT2D eigenvalue weighted by atomic mass is 35.5. The van der Waals surface area contributed by atoms with Gasteiger partial charge in [0.2, 0.25) is 5.95 Å². The second-order valence-electron chi connectivity index (χ2n) is 5.77. The summed E-state index contributed by atoms with van der Waals surface area (Å²) in [5.74, 6) is 0.170. The minimum atomic E-state index is -0.201. The van der Waals surface area contributed by atoms with Gasteiger partial charge in [-0.2, -0.15) is 0 Å². The molecular weight excluding hydrogens is 326 g/mol. The lowest BCUT2D eigenvalue weighted by Gasteiger charge is -2.11. The van der Waals surface area contributed by atoms with Crippen molar-refractivity contribution in [1.29, 1.82) is 0 Å². The fraction of sp³-hybridized carbons (Fsp3) is 0.353. The van der Waals surface area contributed by atoms with Gasteiger partial charge in [0.25, 0.3) is 5.91 Å². The van der Waals surface area contributed by atoms with Crippen LogP contribution in [0, 0.1) is 6.92 Å². The summed E-state index contributed by atoms with van der Waals surface area (Å²) in [6.07, 6.45) is 0.885. The first-order valence-corrected chi connectivity index (χ1v) is 8.13. The van der Waals surface area contributed by atoms with Crippen molar-refractivity contribution in [2.24, 2.45) is 0 Å². The second-order valence-corrected chi connectivity index (χ2v) is 6.20. The molecule has 0 spiro atoms. The Kier molecular flexibility index (Phi) is 6.52. The first-order valence-electron chi connectivity index (χ1n) is 7.75. The summed E-state index contributed by atoms with van der Waals surface area (Å²) in [5.41, 5.74) is 1.83. The molecule has 0 radical (unpaired) electrons. The Morgan fingerprint density at radius 1 is 1.25 bits per heavy atom. The maximum absolute atomic E-state index is 12.2. The molecule has 7 heteroatoms. The summed E-state index contributed by atoms with van der Waals surface area (Å²) in [5, 5.41) is 6.56. The minimum Gasteiger partial charge on any atom is -0.351 e. The summed E-state index contributed by atoms with van der Waals surface area (Å²) >= 11 is 5.97. The molecule has 2 N–H and O–H groups in total. The maximum atomic E-state index is 12.2. The molecule has 1 aromatic carbocycles. The van der Waals surface area contributed by atoms with Crippen LogP contribution in [0.25, 0.3) is 0 Å². The van der Waals surface area contributed by atoms with E-state index in [1.54, 1.807) is 18.2 Å². The van der Waals surface area contributed by atoms with Gasteiger partial charge in [0.15, 0.2) is 0 Å². The average Bonchev–Trinajstić information content (AvgIpc) is 2.50. The number of halogens is 1. The normalized spacial score (nSPS) is 10.7. The Balaban J connectivity index is 2.03. The van der Waals surface area contributed by atoms with E-state index in [4.69, 9.17) is 11.6 Å². The van der Waals surface area contributed by atoms with Crippen LogP contribution >= 0.6 is 11.6 Å². The molecule has 0 aliphatic rings. The van der Waals surface area contributed by atoms with Crippen LogP contribution in [0.5, 0.6) is 0 Å². The monoisotopic (exact) mass is 347 g/mol. The van der Waals surface area contributed by atoms with Crippen molar-refractivity contribution in [2.45, 2.75) is 13.3 Å². The van der Waals surface area contributed by atoms with Gasteiger partial charge >= 0.3 is 0 Å². The van der Waals surface area contributed by atoms with E-state index in [2.05, 4.69) is 25.5 Å². The van der Waals surface area contributed by atoms with Crippen molar-refractivity contribution < 1.29 is 4.79 Å². The molecule has 6 nitrogen and oxygen atoms in total. The van der Waals surface area contributed by atoms with Gasteiger partial charge in [-0.15, -0.1) is 0 Å². The molecule has 0 atom stereocenters. The summed E-state index contributed by atoms with van der Waals surface area (Å²) in [4.78, 5) is 22.9. The van der Waals surface area contributed by atoms with Gasteiger partial charge in [-0.25, -0.2) is 9.97 Å². The lowest BCUT2D eigenvalue weighted by Crippen LogP contribution is -2.28. The number of amides is 1. The Hall–Kier alpha value is -2.18. The summed E-state index contributed by atoms with van der Waals surface area (Å²) in [6, 6.07) is 8.92. The third kappa shape index (κ3) is 5.79. The van der Waals surface area contributed by atoms with Crippen LogP contribution in [0.15, 0.2) is 30.3 Å². The van der Waals surface area contributed by atoms with Gasteiger partial charge in [-0.3, -0.25) is 4.79 Å². The first-order chi connectivity index (χ1) is 11.4. The van der Waals surface area contributed by atoms with Crippen LogP contribution in [-0.4, -0.2) is 48.0 Å². The van der Waals surface area contributed by atoms with E-state index in [-0.39, 0.29) is 5.91 Å². The fourth-order valence-corrected chi connectivity index (χ4v) is 2.31. The molecule has 0 saturated carbocycles. The predicted octanol–water partition coefficient (Wildman–Crippen LogP) is 2.86. The molecule has 24 heavy (non-hydrogen) atoms. The number of anilines is 2. The van der Waals surface area contributed by atoms with Gasteiger partial charge in [0.05, 0.1) is 0 Å². The summed E-state index contributed by atoms with van der Waals surface area (Å²) in [6.45, 7) is 3.36. The molecule has 0 bridgehead atoms. The Bertz CT molecular complexity index is 705. The number of aromatic nitrogens is 2. The molecule has 0 unspecified atom stereocenters. The molecule has 1 aromatic heterocycles. The maximum Gasteiger partial charge on any atom is 0.270 e. The zero-order chi connectivity index (χ0) is 17.5. The van der Waals surface area contributed by atoms with Crippen LogP contribution in [0.4, 0.5) is 11.6 Å². The Morgan fingerprint density at radius 3 is 2.75 bits per heavy atom. The fourth-order valence-electron chi connectivity index (χ4n) is 2.12. The van der Waals surface area contributed by atoms with E-state index >= 15 is 0 Å². The smallest absolute Gasteiger partial charge is 0.270 e. The highest BCUT2D eigenvalue weighted by molar-refractivity contribution is 6.30. The SMILES string of the molecule is Cc1cc(C(=O)NCCCN(C)C)nc(Nc2cccc(Cl)c2)n1. The van der Waals surface area contributed by atoms with Gasteiger partial charge in [0.1, 0.15) is 5.69 Å². The zero-order valence-electron chi connectivity index (χ0n) is 14.1. The quantitative estimate of drug-likeness (QED) is 0.754. The van der Waals surface area contributed by atoms with E-state index in [0.717, 1.165) is 18.7 Å². The molecule has 128 valence electrons. The van der Waals surface area contributed by atoms with E-state index in [1.165, 1.54) is 0 Å². The molecule has 2 rings (SSSR count). The highest BCUT2D eigenvalue weighted by Gasteiger charge is 2.10. The number of hydrogen-bond acceptors (Lipinski definition) is 5. The summed E-state index contributed by atoms with van der Waals surface area (Å²) < 4.78 is 0. The molecule has 1 heterocycles. The number of aryl methyl sites for hydroxylation is 1. The number of nitrogens with one attached hydrogen (secondary N) is 2. The van der Waals surface area contributed by atoms with Crippen molar-refractivity contribution in [3.05, 3.63) is 46.7 Å². The molecule has 1 amide bonds. The number of benzene rings is 1. The number of rotatable bonds is 7. The number of hydrogen-bond donors (Lipinski definition) is 2. The molecule has 2 aromatic rings. The van der Waals surface area contributed by atoms with Gasteiger partial charge in [-0.05, 0) is 58.3 Å². The van der Waals surface area contributed by atoms with Crippen molar-refractivity contribution in [2.75, 3.05) is 32.5 Å². The van der Waals surface area contributed by atoms with Gasteiger partial charge < -0.3 is 15.5 Å². The largest absolute Gasteiger partial charge is 0.351 e. The highest BCUT2D eigenvalue weighted by Crippen LogP contribution is 2.18. The lowest BCUT2D eigenvalue weighted by molar-refractivity contribution is 0.0947. The van der Waals surface area contributed by atoms with Crippen molar-refractivity contribution >= 4 is 29.1 Å². The third-order valence-electron chi connectivity index (χ3n) is 3.24. The lowest BCUT2D eigenvalue weighted by atomic mass is 10.3. The van der Waals surface area contributed by atoms with Crippen LogP contribution < -0.4 is 10.6 Å². The van der Waals surface area contributed by atoms with E-state index in [9.17, 15) is 4.79 Å². The van der Waals surface area contributed by atoms with Crippen LogP contribution in [0.3, 0.4) is 0 Å². The molecule has 0 fully saturated rings. The predicted molar refractivity (Wildman–Crippen MR) is 97.0 cm³/mol.